The summed E-state index contributed by atoms with van der Waals surface area (Å²) in [5.74, 6) is 5.33. The molecule has 0 aliphatic rings. The van der Waals surface area contributed by atoms with Crippen molar-refractivity contribution in [2.75, 3.05) is 0 Å². The molecule has 0 amide bonds. The van der Waals surface area contributed by atoms with Crippen molar-refractivity contribution in [1.29, 1.82) is 0 Å². The minimum Gasteiger partial charge on any atom is -0.457 e. The maximum atomic E-state index is 7.10. The number of imidazole rings is 2. The number of aromatic nitrogens is 4. The number of hydrogen-bond donors (Lipinski definition) is 0. The zero-order chi connectivity index (χ0) is 30.9. The monoisotopic (exact) mass is 966 g/mol. The number of furan rings is 2. The zero-order valence-electron chi connectivity index (χ0n) is 25.1. The maximum absolute atomic E-state index is 7.10. The van der Waals surface area contributed by atoms with Crippen molar-refractivity contribution < 1.29 is 53.6 Å². The van der Waals surface area contributed by atoms with E-state index in [0.29, 0.717) is 5.57 Å². The molecule has 46 heavy (non-hydrogen) atoms. The van der Waals surface area contributed by atoms with E-state index in [-0.39, 0.29) is 44.8 Å². The second kappa shape index (κ2) is 17.3. The van der Waals surface area contributed by atoms with E-state index in [1.54, 1.807) is 12.2 Å². The minimum absolute atomic E-state index is 0. The summed E-state index contributed by atoms with van der Waals surface area (Å²) in [6.45, 7) is 3.62. The van der Waals surface area contributed by atoms with Gasteiger partial charge in [-0.2, -0.15) is 6.58 Å². The van der Waals surface area contributed by atoms with Crippen LogP contribution >= 0.6 is 0 Å². The molecule has 0 fully saturated rings. The Hall–Kier alpha value is -4.50. The Morgan fingerprint density at radius 1 is 0.804 bits per heavy atom. The zero-order valence-corrected chi connectivity index (χ0v) is 29.4. The molecular formula is C38H28Au2N4O2-4. The van der Waals surface area contributed by atoms with Crippen LogP contribution in [0.4, 0.5) is 0 Å². The van der Waals surface area contributed by atoms with Crippen molar-refractivity contribution in [2.24, 2.45) is 14.1 Å². The molecule has 6 nitrogen and oxygen atoms in total. The van der Waals surface area contributed by atoms with E-state index in [4.69, 9.17) is 21.7 Å². The summed E-state index contributed by atoms with van der Waals surface area (Å²) >= 11 is 0. The summed E-state index contributed by atoms with van der Waals surface area (Å²) in [6, 6.07) is 23.3. The Balaban J connectivity index is 0.000000184. The van der Waals surface area contributed by atoms with Crippen LogP contribution in [0.1, 0.15) is 22.7 Å². The Labute approximate surface area is 300 Å². The molecule has 0 unspecified atom stereocenters. The first-order chi connectivity index (χ1) is 21.4. The molecule has 7 rings (SSSR count). The van der Waals surface area contributed by atoms with E-state index in [2.05, 4.69) is 41.0 Å². The minimum atomic E-state index is 0. The molecular weight excluding hydrogens is 938 g/mol. The fourth-order valence-corrected chi connectivity index (χ4v) is 4.46. The van der Waals surface area contributed by atoms with Gasteiger partial charge in [-0.05, 0) is 44.4 Å². The third-order valence-corrected chi connectivity index (χ3v) is 6.60. The normalized spacial score (nSPS) is 10.2. The molecule has 0 saturated carbocycles. The Bertz CT molecular complexity index is 2090. The van der Waals surface area contributed by atoms with Crippen molar-refractivity contribution in [3.63, 3.8) is 0 Å². The Morgan fingerprint density at radius 3 is 2.00 bits per heavy atom. The van der Waals surface area contributed by atoms with Gasteiger partial charge in [-0.1, -0.05) is 60.6 Å². The molecule has 238 valence electrons. The molecule has 0 bridgehead atoms. The molecule has 0 N–H and O–H groups in total. The molecule has 0 spiro atoms. The van der Waals surface area contributed by atoms with Crippen LogP contribution < -0.4 is 0 Å². The van der Waals surface area contributed by atoms with Gasteiger partial charge in [0.1, 0.15) is 22.5 Å². The van der Waals surface area contributed by atoms with Gasteiger partial charge in [0, 0.05) is 73.6 Å². The summed E-state index contributed by atoms with van der Waals surface area (Å²) in [4.78, 5) is 8.26. The predicted octanol–water partition coefficient (Wildman–Crippen LogP) is 7.65. The average molecular weight is 967 g/mol. The van der Waals surface area contributed by atoms with Crippen LogP contribution in [0.25, 0.3) is 39.0 Å². The summed E-state index contributed by atoms with van der Waals surface area (Å²) in [6.07, 6.45) is 28.9. The summed E-state index contributed by atoms with van der Waals surface area (Å²) in [7, 11) is 3.84. The van der Waals surface area contributed by atoms with E-state index in [9.17, 15) is 0 Å². The van der Waals surface area contributed by atoms with E-state index in [1.165, 1.54) is 0 Å². The summed E-state index contributed by atoms with van der Waals surface area (Å²) < 4.78 is 14.9. The molecule has 4 aromatic heterocycles. The number of allylic oxidation sites excluding steroid dienone is 2. The van der Waals surface area contributed by atoms with Crippen molar-refractivity contribution in [1.82, 2.24) is 19.1 Å². The topological polar surface area (TPSA) is 61.9 Å². The van der Waals surface area contributed by atoms with E-state index < -0.39 is 0 Å². The average Bonchev–Trinajstić information content (AvgIpc) is 3.84. The van der Waals surface area contributed by atoms with Gasteiger partial charge in [0.25, 0.3) is 0 Å². The van der Waals surface area contributed by atoms with Crippen LogP contribution in [0.3, 0.4) is 0 Å². The first-order valence-electron chi connectivity index (χ1n) is 13.8. The molecule has 7 aromatic rings. The van der Waals surface area contributed by atoms with Crippen molar-refractivity contribution in [2.45, 2.75) is 12.8 Å². The molecule has 0 aliphatic heterocycles. The third-order valence-electron chi connectivity index (χ3n) is 6.60. The van der Waals surface area contributed by atoms with Gasteiger partial charge in [-0.25, -0.2) is 0 Å². The first kappa shape index (κ1) is 36.0. The largest absolute Gasteiger partial charge is 0.457 e. The number of fused-ring (bicyclic) bond motifs is 4. The quantitative estimate of drug-likeness (QED) is 0.0771. The maximum Gasteiger partial charge on any atom is 0.135 e. The van der Waals surface area contributed by atoms with E-state index in [1.807, 2.05) is 108 Å². The number of para-hydroxylation sites is 2. The van der Waals surface area contributed by atoms with E-state index in [0.717, 1.165) is 68.5 Å². The van der Waals surface area contributed by atoms with Gasteiger partial charge in [0.05, 0.1) is 0 Å². The van der Waals surface area contributed by atoms with Crippen LogP contribution in [0.2, 0.25) is 0 Å². The van der Waals surface area contributed by atoms with Crippen LogP contribution in [0, 0.1) is 37.3 Å². The van der Waals surface area contributed by atoms with Gasteiger partial charge >= 0.3 is 0 Å². The number of rotatable bonds is 5. The third kappa shape index (κ3) is 9.50. The second-order valence-electron chi connectivity index (χ2n) is 9.99. The van der Waals surface area contributed by atoms with Crippen molar-refractivity contribution >= 4 is 39.0 Å². The van der Waals surface area contributed by atoms with Crippen LogP contribution in [0.5, 0.6) is 0 Å². The first-order valence-corrected chi connectivity index (χ1v) is 13.8. The van der Waals surface area contributed by atoms with Gasteiger partial charge in [0.2, 0.25) is 0 Å². The van der Waals surface area contributed by atoms with Gasteiger partial charge in [-0.3, -0.25) is 11.8 Å². The Kier molecular flexibility index (Phi) is 13.5. The van der Waals surface area contributed by atoms with Crippen LogP contribution in [-0.4, -0.2) is 19.1 Å². The fraction of sp³-hybridized carbons (Fsp3) is 0.105. The second-order valence-corrected chi connectivity index (χ2v) is 9.99. The SMILES string of the molecule is Cn1[c-]nc(CCc2cn(C)[c-]n2)c1.[Au].[Au].[C-]#CC(=C)/C=C\c1cc2ccccc2o1.[C-]#Cc1ccc2oc3ccccc3c2c1. The van der Waals surface area contributed by atoms with Gasteiger partial charge in [0.15, 0.2) is 0 Å². The van der Waals surface area contributed by atoms with Crippen molar-refractivity contribution in [3.8, 4) is 11.8 Å². The number of nitrogens with zero attached hydrogens (tertiary/aromatic N) is 4. The standard InChI is InChI=1S/C14H7O.C14H9O.C10H12N4.2Au/c1-2-10-7-8-14-12(9-10)11-5-3-4-6-13(11)15-14;1-3-11(2)8-9-13-10-12-6-4-5-7-14(12)15-13;1-13-5-9(11-7-13)3-4-10-6-14(2)8-12-10;;/h3-9H;4-10H,2H2;5-6H,3-4H2,1-2H3;;/q2*-1;-2;;/b;9-8-;;;. The van der Waals surface area contributed by atoms with Crippen LogP contribution in [-0.2, 0) is 71.7 Å². The molecule has 8 heteroatoms. The molecule has 0 atom stereocenters. The van der Waals surface area contributed by atoms with E-state index >= 15 is 0 Å². The van der Waals surface area contributed by atoms with Crippen LogP contribution in [0.15, 0.2) is 112 Å². The molecule has 2 radical (unpaired) electrons. The number of benzene rings is 3. The fourth-order valence-electron chi connectivity index (χ4n) is 4.46. The number of hydrogen-bond acceptors (Lipinski definition) is 4. The van der Waals surface area contributed by atoms with Crippen molar-refractivity contribution in [3.05, 3.63) is 152 Å². The summed E-state index contributed by atoms with van der Waals surface area (Å²) in [5.41, 5.74) is 6.01. The predicted molar refractivity (Wildman–Crippen MR) is 173 cm³/mol. The molecule has 3 aromatic carbocycles. The van der Waals surface area contributed by atoms with Gasteiger partial charge in [-0.15, -0.1) is 41.7 Å². The molecule has 0 aliphatic carbocycles. The smallest absolute Gasteiger partial charge is 0.135 e. The molecule has 4 heterocycles. The molecule has 0 saturated heterocycles. The number of aryl methyl sites for hydroxylation is 4. The van der Waals surface area contributed by atoms with Gasteiger partial charge < -0.3 is 40.8 Å². The summed E-state index contributed by atoms with van der Waals surface area (Å²) in [5, 5.41) is 3.20. The Morgan fingerprint density at radius 2 is 1.41 bits per heavy atom.